The number of thiophene rings is 2. The monoisotopic (exact) mass is 493 g/mol. The number of carbonyl (C=O) groups is 2. The quantitative estimate of drug-likeness (QED) is 0.610. The van der Waals surface area contributed by atoms with Crippen molar-refractivity contribution in [2.24, 2.45) is 5.92 Å². The zero-order valence-corrected chi connectivity index (χ0v) is 18.4. The Morgan fingerprint density at radius 2 is 2.17 bits per heavy atom. The molecule has 1 fully saturated rings. The van der Waals surface area contributed by atoms with Gasteiger partial charge in [-0.3, -0.25) is 9.59 Å². The van der Waals surface area contributed by atoms with Crippen LogP contribution in [-0.2, 0) is 26.2 Å². The van der Waals surface area contributed by atoms with Crippen molar-refractivity contribution < 1.29 is 23.1 Å². The van der Waals surface area contributed by atoms with Gasteiger partial charge < -0.3 is 10.0 Å². The third-order valence-corrected chi connectivity index (χ3v) is 8.98. The van der Waals surface area contributed by atoms with E-state index >= 15 is 0 Å². The molecule has 2 aromatic heterocycles. The van der Waals surface area contributed by atoms with Gasteiger partial charge in [0.1, 0.15) is 25.5 Å². The Morgan fingerprint density at radius 1 is 1.45 bits per heavy atom. The molecule has 3 heterocycles. The molecule has 1 aliphatic rings. The van der Waals surface area contributed by atoms with E-state index in [0.29, 0.717) is 16.2 Å². The molecule has 0 aliphatic carbocycles. The average molecular weight is 494 g/mol. The van der Waals surface area contributed by atoms with Gasteiger partial charge in [-0.2, -0.15) is 9.98 Å². The molecule has 0 radical (unpaired) electrons. The fraction of sp³-hybridized carbons (Fsp3) is 0.312. The molecule has 154 valence electrons. The highest BCUT2D eigenvalue weighted by Gasteiger charge is 2.43. The van der Waals surface area contributed by atoms with Crippen LogP contribution in [0.2, 0.25) is 9.36 Å². The van der Waals surface area contributed by atoms with E-state index in [1.54, 1.807) is 11.4 Å². The van der Waals surface area contributed by atoms with Gasteiger partial charge in [0.2, 0.25) is 5.91 Å². The van der Waals surface area contributed by atoms with Crippen LogP contribution in [0.3, 0.4) is 0 Å². The predicted molar refractivity (Wildman–Crippen MR) is 109 cm³/mol. The van der Waals surface area contributed by atoms with E-state index in [1.807, 2.05) is 6.07 Å². The molecule has 2 atom stereocenters. The lowest BCUT2D eigenvalue weighted by Gasteiger charge is -2.20. The number of halogens is 2. The van der Waals surface area contributed by atoms with Crippen molar-refractivity contribution >= 4 is 67.8 Å². The Kier molecular flexibility index (Phi) is 6.52. The second kappa shape index (κ2) is 8.59. The Morgan fingerprint density at radius 3 is 2.72 bits per heavy atom. The zero-order chi connectivity index (χ0) is 21.3. The maximum absolute atomic E-state index is 12.7. The highest BCUT2D eigenvalue weighted by molar-refractivity contribution is 7.91. The van der Waals surface area contributed by atoms with E-state index in [9.17, 15) is 23.1 Å². The summed E-state index contributed by atoms with van der Waals surface area (Å²) in [6, 6.07) is 3.17. The number of amides is 1. The van der Waals surface area contributed by atoms with Crippen LogP contribution in [0.1, 0.15) is 16.9 Å². The Labute approximate surface area is 184 Å². The number of carboxylic acids is 1. The average Bonchev–Trinajstić information content (AvgIpc) is 3.35. The number of hydrogen-bond acceptors (Lipinski definition) is 7. The zero-order valence-electron chi connectivity index (χ0n) is 14.5. The van der Waals surface area contributed by atoms with Crippen LogP contribution in [0.5, 0.6) is 0 Å². The lowest BCUT2D eigenvalue weighted by molar-refractivity contribution is -0.144. The van der Waals surface area contributed by atoms with Gasteiger partial charge in [-0.15, -0.1) is 22.7 Å². The smallest absolute Gasteiger partial charge is 0.322 e. The lowest BCUT2D eigenvalue weighted by Crippen LogP contribution is -2.48. The fourth-order valence-electron chi connectivity index (χ4n) is 2.96. The molecular formula is C16H13Cl2N3O5S3. The van der Waals surface area contributed by atoms with Gasteiger partial charge >= 0.3 is 5.97 Å². The maximum Gasteiger partial charge on any atom is 0.322 e. The standard InChI is InChI=1S/C16H13Cl2N3O5S3/c17-11-4-12(28-14(11)18)29(25,26)20-13(16(23)24)10-1-2-21(15(10)22)6-8-3-9(5-19)27-7-8/h3-4,7,10,13,20H,1-2,6H2,(H,23,24)/t10-,13?/m0/s1. The minimum Gasteiger partial charge on any atom is -0.480 e. The van der Waals surface area contributed by atoms with Crippen molar-refractivity contribution in [3.63, 3.8) is 0 Å². The van der Waals surface area contributed by atoms with Crippen molar-refractivity contribution in [1.82, 2.24) is 9.62 Å². The van der Waals surface area contributed by atoms with Crippen LogP contribution in [0.25, 0.3) is 0 Å². The summed E-state index contributed by atoms with van der Waals surface area (Å²) >= 11 is 13.5. The van der Waals surface area contributed by atoms with Crippen LogP contribution in [0.4, 0.5) is 0 Å². The van der Waals surface area contributed by atoms with E-state index in [0.717, 1.165) is 11.6 Å². The summed E-state index contributed by atoms with van der Waals surface area (Å²) in [6.07, 6.45) is 0.180. The first-order valence-electron chi connectivity index (χ1n) is 8.08. The predicted octanol–water partition coefficient (Wildman–Crippen LogP) is 2.77. The first-order chi connectivity index (χ1) is 13.6. The highest BCUT2D eigenvalue weighted by Crippen LogP contribution is 2.35. The summed E-state index contributed by atoms with van der Waals surface area (Å²) in [5.74, 6) is -2.97. The van der Waals surface area contributed by atoms with Crippen molar-refractivity contribution in [3.8, 4) is 6.07 Å². The lowest BCUT2D eigenvalue weighted by atomic mass is 9.99. The van der Waals surface area contributed by atoms with Gasteiger partial charge in [-0.1, -0.05) is 23.2 Å². The molecule has 29 heavy (non-hydrogen) atoms. The van der Waals surface area contributed by atoms with E-state index in [1.165, 1.54) is 16.2 Å². The van der Waals surface area contributed by atoms with Gasteiger partial charge in [-0.25, -0.2) is 8.42 Å². The van der Waals surface area contributed by atoms with Crippen molar-refractivity contribution in [3.05, 3.63) is 37.3 Å². The number of nitrogens with zero attached hydrogens (tertiary/aromatic N) is 2. The second-order valence-corrected chi connectivity index (χ2v) is 11.1. The molecule has 0 bridgehead atoms. The molecule has 1 unspecified atom stereocenters. The number of aliphatic carboxylic acids is 1. The summed E-state index contributed by atoms with van der Waals surface area (Å²) < 4.78 is 27.0. The third kappa shape index (κ3) is 4.74. The number of carbonyl (C=O) groups excluding carboxylic acids is 1. The molecule has 2 aromatic rings. The van der Waals surface area contributed by atoms with E-state index in [2.05, 4.69) is 4.72 Å². The molecule has 2 N–H and O–H groups in total. The Bertz CT molecular complexity index is 1090. The second-order valence-electron chi connectivity index (χ2n) is 6.21. The van der Waals surface area contributed by atoms with E-state index in [-0.39, 0.29) is 33.1 Å². The number of carboxylic acid groups (broad SMARTS) is 1. The molecule has 1 saturated heterocycles. The largest absolute Gasteiger partial charge is 0.480 e. The molecular weight excluding hydrogens is 481 g/mol. The van der Waals surface area contributed by atoms with Crippen LogP contribution >= 0.6 is 45.9 Å². The number of nitrogens with one attached hydrogen (secondary N) is 1. The third-order valence-electron chi connectivity index (χ3n) is 4.31. The summed E-state index contributed by atoms with van der Waals surface area (Å²) in [5, 5.41) is 20.2. The van der Waals surface area contributed by atoms with Crippen LogP contribution in [0, 0.1) is 17.2 Å². The summed E-state index contributed by atoms with van der Waals surface area (Å²) in [7, 11) is -4.23. The maximum atomic E-state index is 12.7. The molecule has 1 aliphatic heterocycles. The van der Waals surface area contributed by atoms with Crippen molar-refractivity contribution in [2.75, 3.05) is 6.54 Å². The number of rotatable bonds is 7. The molecule has 1 amide bonds. The number of nitriles is 1. The van der Waals surface area contributed by atoms with Crippen molar-refractivity contribution in [1.29, 1.82) is 5.26 Å². The SMILES string of the molecule is N#Cc1cc(CN2CC[C@@H](C(NS(=O)(=O)c3cc(Cl)c(Cl)s3)C(=O)O)C2=O)cs1. The Hall–Kier alpha value is -1.68. The van der Waals surface area contributed by atoms with Gasteiger partial charge in [0.15, 0.2) is 0 Å². The molecule has 0 saturated carbocycles. The highest BCUT2D eigenvalue weighted by atomic mass is 35.5. The minimum atomic E-state index is -4.23. The summed E-state index contributed by atoms with van der Waals surface area (Å²) in [5.41, 5.74) is 0.760. The van der Waals surface area contributed by atoms with Crippen LogP contribution < -0.4 is 4.72 Å². The fourth-order valence-corrected chi connectivity index (χ4v) is 6.78. The number of hydrogen-bond donors (Lipinski definition) is 2. The van der Waals surface area contributed by atoms with E-state index in [4.69, 9.17) is 28.5 Å². The Balaban J connectivity index is 1.76. The molecule has 0 aromatic carbocycles. The van der Waals surface area contributed by atoms with Gasteiger partial charge in [0, 0.05) is 13.1 Å². The number of sulfonamides is 1. The normalized spacial score (nSPS) is 18.0. The first kappa shape index (κ1) is 22.0. The van der Waals surface area contributed by atoms with Gasteiger partial charge in [0.05, 0.1) is 10.9 Å². The molecule has 13 heteroatoms. The number of likely N-dealkylation sites (tertiary alicyclic amines) is 1. The van der Waals surface area contributed by atoms with Gasteiger partial charge in [-0.05, 0) is 29.5 Å². The topological polar surface area (TPSA) is 128 Å². The molecule has 8 nitrogen and oxygen atoms in total. The van der Waals surface area contributed by atoms with Crippen LogP contribution in [-0.4, -0.2) is 42.9 Å². The van der Waals surface area contributed by atoms with Gasteiger partial charge in [0.25, 0.3) is 10.0 Å². The van der Waals surface area contributed by atoms with Crippen molar-refractivity contribution in [2.45, 2.75) is 23.2 Å². The summed E-state index contributed by atoms with van der Waals surface area (Å²) in [6.45, 7) is 0.506. The molecule has 0 spiro atoms. The first-order valence-corrected chi connectivity index (χ1v) is 12.0. The van der Waals surface area contributed by atoms with Crippen LogP contribution in [0.15, 0.2) is 21.7 Å². The summed E-state index contributed by atoms with van der Waals surface area (Å²) in [4.78, 5) is 26.4. The minimum absolute atomic E-state index is 0.0412. The molecule has 3 rings (SSSR count). The van der Waals surface area contributed by atoms with E-state index < -0.39 is 33.9 Å².